The molecule has 2 aliphatic carbocycles. The average Bonchev–Trinajstić information content (AvgIpc) is 3.27. The van der Waals surface area contributed by atoms with Crippen molar-refractivity contribution < 1.29 is 38.7 Å². The van der Waals surface area contributed by atoms with Crippen LogP contribution in [0.2, 0.25) is 0 Å². The van der Waals surface area contributed by atoms with Crippen LogP contribution in [-0.4, -0.2) is 71.6 Å². The van der Waals surface area contributed by atoms with Crippen LogP contribution in [0.25, 0.3) is 0 Å². The average molecular weight is 522 g/mol. The molecule has 200 valence electrons. The molecule has 6 atom stereocenters. The SMILES string of the molecule is COc1ccc2c3c1O[C@@H]1C(OC(=O)[C@@H](OC(=O)[C@H](C)O)c4ccccc4)=CC[C@]4(O)[C@H](C2)N(C)CC[C@@]314. The minimum Gasteiger partial charge on any atom is -0.493 e. The van der Waals surface area contributed by atoms with Crippen LogP contribution in [0, 0.1) is 0 Å². The Hall–Kier alpha value is -3.40. The van der Waals surface area contributed by atoms with Crippen molar-refractivity contribution in [1.82, 2.24) is 4.90 Å². The molecule has 9 nitrogen and oxygen atoms in total. The predicted octanol–water partition coefficient (Wildman–Crippen LogP) is 2.18. The van der Waals surface area contributed by atoms with Gasteiger partial charge in [-0.25, -0.2) is 9.59 Å². The van der Waals surface area contributed by atoms with Crippen LogP contribution in [0.5, 0.6) is 11.5 Å². The minimum atomic E-state index is -1.41. The molecular weight excluding hydrogens is 490 g/mol. The Morgan fingerprint density at radius 3 is 2.63 bits per heavy atom. The number of carbonyl (C=O) groups excluding carboxylic acids is 2. The first-order valence-corrected chi connectivity index (χ1v) is 12.9. The third kappa shape index (κ3) is 3.35. The molecule has 1 spiro atoms. The lowest BCUT2D eigenvalue weighted by atomic mass is 9.50. The third-order valence-electron chi connectivity index (χ3n) is 8.67. The number of piperidine rings is 1. The molecule has 0 saturated carbocycles. The molecule has 0 radical (unpaired) electrons. The van der Waals surface area contributed by atoms with Gasteiger partial charge in [0.1, 0.15) is 11.9 Å². The molecule has 1 saturated heterocycles. The van der Waals surface area contributed by atoms with Crippen LogP contribution in [0.1, 0.15) is 42.6 Å². The first-order valence-electron chi connectivity index (χ1n) is 12.9. The molecule has 6 rings (SSSR count). The van der Waals surface area contributed by atoms with Gasteiger partial charge in [-0.05, 0) is 51.1 Å². The number of hydrogen-bond acceptors (Lipinski definition) is 9. The van der Waals surface area contributed by atoms with E-state index in [2.05, 4.69) is 4.90 Å². The normalized spacial score (nSPS) is 30.3. The quantitative estimate of drug-likeness (QED) is 0.552. The highest BCUT2D eigenvalue weighted by Gasteiger charge is 2.72. The number of carbonyl (C=O) groups is 2. The number of aliphatic hydroxyl groups is 2. The lowest BCUT2D eigenvalue weighted by Gasteiger charge is -2.61. The maximum Gasteiger partial charge on any atom is 0.357 e. The molecule has 0 unspecified atom stereocenters. The number of hydrogen-bond donors (Lipinski definition) is 2. The van der Waals surface area contributed by atoms with Gasteiger partial charge >= 0.3 is 11.9 Å². The summed E-state index contributed by atoms with van der Waals surface area (Å²) in [5.41, 5.74) is 0.461. The summed E-state index contributed by atoms with van der Waals surface area (Å²) < 4.78 is 23.5. The van der Waals surface area contributed by atoms with Gasteiger partial charge in [0.15, 0.2) is 17.6 Å². The summed E-state index contributed by atoms with van der Waals surface area (Å²) >= 11 is 0. The van der Waals surface area contributed by atoms with Crippen LogP contribution in [0.4, 0.5) is 0 Å². The maximum absolute atomic E-state index is 13.5. The Kier molecular flexibility index (Phi) is 5.79. The van der Waals surface area contributed by atoms with E-state index < -0.39 is 41.3 Å². The number of rotatable bonds is 6. The number of likely N-dealkylation sites (N-methyl/N-ethyl adjacent to an activating group) is 1. The first-order chi connectivity index (χ1) is 18.2. The number of aliphatic hydroxyl groups excluding tert-OH is 1. The molecule has 0 amide bonds. The summed E-state index contributed by atoms with van der Waals surface area (Å²) in [5.74, 6) is -0.356. The van der Waals surface area contributed by atoms with E-state index in [1.165, 1.54) is 6.92 Å². The van der Waals surface area contributed by atoms with Crippen LogP contribution < -0.4 is 9.47 Å². The van der Waals surface area contributed by atoms with Crippen molar-refractivity contribution in [2.24, 2.45) is 0 Å². The lowest BCUT2D eigenvalue weighted by Crippen LogP contribution is -2.74. The topological polar surface area (TPSA) is 115 Å². The van der Waals surface area contributed by atoms with E-state index in [1.807, 2.05) is 19.2 Å². The second kappa shape index (κ2) is 8.83. The lowest BCUT2D eigenvalue weighted by molar-refractivity contribution is -0.178. The second-order valence-corrected chi connectivity index (χ2v) is 10.6. The van der Waals surface area contributed by atoms with E-state index in [-0.39, 0.29) is 18.2 Å². The fourth-order valence-corrected chi connectivity index (χ4v) is 6.85. The van der Waals surface area contributed by atoms with E-state index in [1.54, 1.807) is 43.5 Å². The molecule has 38 heavy (non-hydrogen) atoms. The highest BCUT2D eigenvalue weighted by Crippen LogP contribution is 2.65. The Labute approximate surface area is 220 Å². The number of likely N-dealkylation sites (tertiary alicyclic amines) is 1. The van der Waals surface area contributed by atoms with Crippen LogP contribution >= 0.6 is 0 Å². The van der Waals surface area contributed by atoms with Crippen LogP contribution in [0.3, 0.4) is 0 Å². The largest absolute Gasteiger partial charge is 0.493 e. The fraction of sp³-hybridized carbons (Fsp3) is 0.448. The summed E-state index contributed by atoms with van der Waals surface area (Å²) in [6.45, 7) is 2.01. The van der Waals surface area contributed by atoms with Gasteiger partial charge < -0.3 is 34.1 Å². The fourth-order valence-electron chi connectivity index (χ4n) is 6.85. The molecule has 4 aliphatic rings. The van der Waals surface area contributed by atoms with Crippen molar-refractivity contribution in [3.63, 3.8) is 0 Å². The Bertz CT molecular complexity index is 1320. The van der Waals surface area contributed by atoms with Gasteiger partial charge in [0.2, 0.25) is 6.10 Å². The number of ether oxygens (including phenoxy) is 4. The molecule has 1 fully saturated rings. The maximum atomic E-state index is 13.5. The molecule has 2 heterocycles. The zero-order chi connectivity index (χ0) is 26.8. The van der Waals surface area contributed by atoms with Crippen molar-refractivity contribution in [3.8, 4) is 11.5 Å². The van der Waals surface area contributed by atoms with Gasteiger partial charge in [0.25, 0.3) is 0 Å². The first kappa shape index (κ1) is 24.9. The van der Waals surface area contributed by atoms with Gasteiger partial charge in [-0.1, -0.05) is 36.4 Å². The third-order valence-corrected chi connectivity index (χ3v) is 8.67. The minimum absolute atomic E-state index is 0.133. The molecule has 2 bridgehead atoms. The number of nitrogens with zero attached hydrogens (tertiary/aromatic N) is 1. The van der Waals surface area contributed by atoms with Gasteiger partial charge in [0.05, 0.1) is 18.1 Å². The molecule has 2 aromatic rings. The van der Waals surface area contributed by atoms with E-state index in [0.29, 0.717) is 29.9 Å². The van der Waals surface area contributed by atoms with Gasteiger partial charge in [-0.15, -0.1) is 0 Å². The van der Waals surface area contributed by atoms with Crippen molar-refractivity contribution in [2.45, 2.75) is 61.6 Å². The molecule has 2 aliphatic heterocycles. The summed E-state index contributed by atoms with van der Waals surface area (Å²) in [4.78, 5) is 28.0. The molecule has 0 aromatic heterocycles. The number of esters is 2. The summed E-state index contributed by atoms with van der Waals surface area (Å²) in [7, 11) is 3.60. The summed E-state index contributed by atoms with van der Waals surface area (Å²) in [6, 6.07) is 12.3. The van der Waals surface area contributed by atoms with Gasteiger partial charge in [-0.3, -0.25) is 0 Å². The molecular formula is C29H31NO8. The Morgan fingerprint density at radius 2 is 1.92 bits per heavy atom. The van der Waals surface area contributed by atoms with E-state index in [9.17, 15) is 19.8 Å². The summed E-state index contributed by atoms with van der Waals surface area (Å²) in [5, 5.41) is 22.0. The second-order valence-electron chi connectivity index (χ2n) is 10.6. The highest BCUT2D eigenvalue weighted by atomic mass is 16.6. The van der Waals surface area contributed by atoms with Gasteiger partial charge in [0, 0.05) is 23.6 Å². The van der Waals surface area contributed by atoms with Crippen molar-refractivity contribution in [3.05, 3.63) is 71.0 Å². The van der Waals surface area contributed by atoms with Crippen LogP contribution in [0.15, 0.2) is 54.3 Å². The number of methoxy groups -OCH3 is 1. The zero-order valence-electron chi connectivity index (χ0n) is 21.5. The predicted molar refractivity (Wildman–Crippen MR) is 135 cm³/mol. The van der Waals surface area contributed by atoms with E-state index in [0.717, 1.165) is 17.7 Å². The number of benzene rings is 2. The van der Waals surface area contributed by atoms with Gasteiger partial charge in [-0.2, -0.15) is 0 Å². The molecule has 2 N–H and O–H groups in total. The Morgan fingerprint density at radius 1 is 1.16 bits per heavy atom. The Balaban J connectivity index is 1.40. The monoisotopic (exact) mass is 521 g/mol. The van der Waals surface area contributed by atoms with Crippen molar-refractivity contribution >= 4 is 11.9 Å². The van der Waals surface area contributed by atoms with Crippen molar-refractivity contribution in [2.75, 3.05) is 20.7 Å². The van der Waals surface area contributed by atoms with Crippen molar-refractivity contribution in [1.29, 1.82) is 0 Å². The van der Waals surface area contributed by atoms with E-state index >= 15 is 0 Å². The standard InChI is InChI=1S/C29H31NO8/c1-16(31)26(32)38-23(17-7-5-4-6-8-17)27(33)36-20-11-12-29(34)21-15-18-9-10-19(35-3)24-22(18)28(29,25(20)37-24)13-14-30(21)2/h4-11,16,21,23,25,31,34H,12-15H2,1-3H3/t16-,21-,23-,25+,28+,29-/m0/s1. The molecule has 2 aromatic carbocycles. The zero-order valence-corrected chi connectivity index (χ0v) is 21.5. The summed E-state index contributed by atoms with van der Waals surface area (Å²) in [6.07, 6.45) is -0.306. The van der Waals surface area contributed by atoms with E-state index in [4.69, 9.17) is 18.9 Å². The van der Waals surface area contributed by atoms with Crippen LogP contribution in [-0.2, 0) is 30.9 Å². The highest BCUT2D eigenvalue weighted by molar-refractivity contribution is 5.83. The molecule has 9 heteroatoms. The smallest absolute Gasteiger partial charge is 0.357 e.